The summed E-state index contributed by atoms with van der Waals surface area (Å²) in [7, 11) is 1.92. The average Bonchev–Trinajstić information content (AvgIpc) is 2.28. The summed E-state index contributed by atoms with van der Waals surface area (Å²) in [4.78, 5) is 0. The quantitative estimate of drug-likeness (QED) is 0.823. The first-order valence-corrected chi connectivity index (χ1v) is 6.11. The third kappa shape index (κ3) is 3.69. The molecule has 1 atom stereocenters. The minimum Gasteiger partial charge on any atom is -0.491 e. The van der Waals surface area contributed by atoms with Gasteiger partial charge in [-0.15, -0.1) is 0 Å². The molecule has 0 aliphatic rings. The maximum absolute atomic E-state index is 6.14. The fraction of sp³-hybridized carbons (Fsp3) is 0.538. The van der Waals surface area contributed by atoms with Gasteiger partial charge in [0.15, 0.2) is 0 Å². The van der Waals surface area contributed by atoms with Gasteiger partial charge in [0.05, 0.1) is 11.6 Å². The van der Waals surface area contributed by atoms with Crippen LogP contribution in [0.2, 0.25) is 5.02 Å². The first-order chi connectivity index (χ1) is 7.69. The predicted octanol–water partition coefficient (Wildman–Crippen LogP) is 3.48. The van der Waals surface area contributed by atoms with Gasteiger partial charge in [0, 0.05) is 12.1 Å². The van der Waals surface area contributed by atoms with Crippen molar-refractivity contribution in [1.29, 1.82) is 0 Å². The van der Waals surface area contributed by atoms with Gasteiger partial charge < -0.3 is 10.1 Å². The van der Waals surface area contributed by atoms with Crippen LogP contribution in [0.1, 0.15) is 25.8 Å². The molecule has 0 saturated carbocycles. The molecule has 1 unspecified atom stereocenters. The lowest BCUT2D eigenvalue weighted by Gasteiger charge is -2.15. The van der Waals surface area contributed by atoms with Crippen molar-refractivity contribution in [3.05, 3.63) is 28.8 Å². The summed E-state index contributed by atoms with van der Waals surface area (Å²) in [6, 6.07) is 5.85. The van der Waals surface area contributed by atoms with E-state index in [0.29, 0.717) is 10.9 Å². The molecule has 0 aromatic heterocycles. The first kappa shape index (κ1) is 13.3. The minimum absolute atomic E-state index is 0.554. The first-order valence-electron chi connectivity index (χ1n) is 5.73. The van der Waals surface area contributed by atoms with Crippen LogP contribution in [0.5, 0.6) is 5.75 Å². The molecule has 0 fully saturated rings. The zero-order valence-corrected chi connectivity index (χ0v) is 11.0. The van der Waals surface area contributed by atoms with Crippen molar-refractivity contribution in [2.45, 2.75) is 26.8 Å². The van der Waals surface area contributed by atoms with Crippen LogP contribution in [-0.2, 0) is 6.54 Å². The molecule has 0 aliphatic heterocycles. The summed E-state index contributed by atoms with van der Waals surface area (Å²) in [6.45, 7) is 5.83. The molecule has 0 amide bonds. The van der Waals surface area contributed by atoms with Crippen LogP contribution in [0.4, 0.5) is 0 Å². The Morgan fingerprint density at radius 2 is 2.19 bits per heavy atom. The van der Waals surface area contributed by atoms with Crippen molar-refractivity contribution < 1.29 is 4.74 Å². The minimum atomic E-state index is 0.554. The highest BCUT2D eigenvalue weighted by atomic mass is 35.5. The second-order valence-corrected chi connectivity index (χ2v) is 4.49. The van der Waals surface area contributed by atoms with Crippen LogP contribution in [0.25, 0.3) is 0 Å². The summed E-state index contributed by atoms with van der Waals surface area (Å²) < 4.78 is 5.80. The number of nitrogens with one attached hydrogen (secondary N) is 1. The molecule has 3 heteroatoms. The molecule has 0 saturated heterocycles. The maximum atomic E-state index is 6.14. The summed E-state index contributed by atoms with van der Waals surface area (Å²) in [5, 5.41) is 3.81. The van der Waals surface area contributed by atoms with Crippen molar-refractivity contribution in [2.75, 3.05) is 13.7 Å². The second kappa shape index (κ2) is 6.77. The lowest BCUT2D eigenvalue weighted by atomic mass is 10.1. The average molecular weight is 242 g/mol. The number of hydrogen-bond donors (Lipinski definition) is 1. The molecule has 1 rings (SSSR count). The highest BCUT2D eigenvalue weighted by Crippen LogP contribution is 2.29. The largest absolute Gasteiger partial charge is 0.491 e. The van der Waals surface area contributed by atoms with Gasteiger partial charge >= 0.3 is 0 Å². The van der Waals surface area contributed by atoms with E-state index in [4.69, 9.17) is 16.3 Å². The van der Waals surface area contributed by atoms with E-state index in [1.165, 1.54) is 0 Å². The molecule has 1 N–H and O–H groups in total. The van der Waals surface area contributed by atoms with Crippen molar-refractivity contribution in [3.8, 4) is 5.75 Å². The molecule has 90 valence electrons. The zero-order chi connectivity index (χ0) is 12.0. The number of para-hydroxylation sites is 1. The molecule has 0 spiro atoms. The van der Waals surface area contributed by atoms with E-state index < -0.39 is 0 Å². The molecule has 1 aromatic carbocycles. The number of benzene rings is 1. The van der Waals surface area contributed by atoms with Crippen LogP contribution in [0.15, 0.2) is 18.2 Å². The number of halogens is 1. The molecule has 0 bridgehead atoms. The van der Waals surface area contributed by atoms with Crippen LogP contribution >= 0.6 is 11.6 Å². The molecule has 0 radical (unpaired) electrons. The van der Waals surface area contributed by atoms with Gasteiger partial charge in [-0.2, -0.15) is 0 Å². The van der Waals surface area contributed by atoms with Gasteiger partial charge in [-0.25, -0.2) is 0 Å². The van der Waals surface area contributed by atoms with E-state index in [9.17, 15) is 0 Å². The number of rotatable bonds is 6. The van der Waals surface area contributed by atoms with Crippen LogP contribution < -0.4 is 10.1 Å². The van der Waals surface area contributed by atoms with Gasteiger partial charge in [0.1, 0.15) is 5.75 Å². The zero-order valence-electron chi connectivity index (χ0n) is 10.2. The summed E-state index contributed by atoms with van der Waals surface area (Å²) in [6.07, 6.45) is 1.12. The van der Waals surface area contributed by atoms with Crippen molar-refractivity contribution >= 4 is 11.6 Å². The van der Waals surface area contributed by atoms with Gasteiger partial charge in [0.2, 0.25) is 0 Å². The Morgan fingerprint density at radius 3 is 2.81 bits per heavy atom. The fourth-order valence-electron chi connectivity index (χ4n) is 1.39. The Kier molecular flexibility index (Phi) is 5.64. The van der Waals surface area contributed by atoms with Crippen molar-refractivity contribution in [1.82, 2.24) is 5.32 Å². The molecule has 0 aliphatic carbocycles. The number of ether oxygens (including phenoxy) is 1. The third-order valence-corrected chi connectivity index (χ3v) is 2.92. The van der Waals surface area contributed by atoms with E-state index in [0.717, 1.165) is 30.9 Å². The molecule has 0 heterocycles. The van der Waals surface area contributed by atoms with Crippen LogP contribution in [0, 0.1) is 5.92 Å². The van der Waals surface area contributed by atoms with Gasteiger partial charge in [0.25, 0.3) is 0 Å². The molecule has 16 heavy (non-hydrogen) atoms. The second-order valence-electron chi connectivity index (χ2n) is 4.08. The lowest BCUT2D eigenvalue weighted by Crippen LogP contribution is -2.11. The van der Waals surface area contributed by atoms with E-state index in [1.54, 1.807) is 0 Å². The molecular weight excluding hydrogens is 222 g/mol. The fourth-order valence-corrected chi connectivity index (χ4v) is 1.64. The van der Waals surface area contributed by atoms with Gasteiger partial charge in [-0.1, -0.05) is 44.0 Å². The van der Waals surface area contributed by atoms with Gasteiger partial charge in [-0.3, -0.25) is 0 Å². The van der Waals surface area contributed by atoms with E-state index >= 15 is 0 Å². The lowest BCUT2D eigenvalue weighted by molar-refractivity contribution is 0.254. The summed E-state index contributed by atoms with van der Waals surface area (Å²) in [5.74, 6) is 1.37. The number of hydrogen-bond acceptors (Lipinski definition) is 2. The smallest absolute Gasteiger partial charge is 0.142 e. The Bertz CT molecular complexity index is 328. The maximum Gasteiger partial charge on any atom is 0.142 e. The Balaban J connectivity index is 2.75. The molecular formula is C13H20ClNO. The standard InChI is InChI=1S/C13H20ClNO/c1-4-10(2)9-16-13-11(8-15-3)6-5-7-12(13)14/h5-7,10,15H,4,8-9H2,1-3H3. The topological polar surface area (TPSA) is 21.3 Å². The Hall–Kier alpha value is -0.730. The molecule has 1 aromatic rings. The normalized spacial score (nSPS) is 12.5. The summed E-state index contributed by atoms with van der Waals surface area (Å²) >= 11 is 6.14. The summed E-state index contributed by atoms with van der Waals surface area (Å²) in [5.41, 5.74) is 1.11. The van der Waals surface area contributed by atoms with E-state index in [1.807, 2.05) is 25.2 Å². The monoisotopic (exact) mass is 241 g/mol. The van der Waals surface area contributed by atoms with Crippen LogP contribution in [-0.4, -0.2) is 13.7 Å². The van der Waals surface area contributed by atoms with Crippen molar-refractivity contribution in [2.24, 2.45) is 5.92 Å². The SMILES string of the molecule is CCC(C)COc1c(Cl)cccc1CNC. The third-order valence-electron chi connectivity index (χ3n) is 2.62. The van der Waals surface area contributed by atoms with Crippen LogP contribution in [0.3, 0.4) is 0 Å². The highest BCUT2D eigenvalue weighted by Gasteiger charge is 2.09. The molecule has 2 nitrogen and oxygen atoms in total. The van der Waals surface area contributed by atoms with E-state index in [-0.39, 0.29) is 0 Å². The highest BCUT2D eigenvalue weighted by molar-refractivity contribution is 6.32. The van der Waals surface area contributed by atoms with E-state index in [2.05, 4.69) is 19.2 Å². The Labute approximate surface area is 103 Å². The van der Waals surface area contributed by atoms with Gasteiger partial charge in [-0.05, 0) is 19.0 Å². The van der Waals surface area contributed by atoms with Crippen molar-refractivity contribution in [3.63, 3.8) is 0 Å². The predicted molar refractivity (Wildman–Crippen MR) is 69.2 cm³/mol. The Morgan fingerprint density at radius 1 is 1.44 bits per heavy atom.